The third-order valence-corrected chi connectivity index (χ3v) is 14.7. The van der Waals surface area contributed by atoms with Crippen molar-refractivity contribution in [2.24, 2.45) is 0 Å². The van der Waals surface area contributed by atoms with Crippen molar-refractivity contribution in [2.45, 2.75) is 329 Å². The summed E-state index contributed by atoms with van der Waals surface area (Å²) < 4.78 is 17.0. The highest BCUT2D eigenvalue weighted by atomic mass is 16.6. The second kappa shape index (κ2) is 69.3. The Morgan fingerprint density at radius 2 is 0.476 bits per heavy atom. The zero-order valence-corrected chi connectivity index (χ0v) is 53.7. The van der Waals surface area contributed by atoms with Crippen molar-refractivity contribution in [3.05, 3.63) is 122 Å². The predicted molar refractivity (Wildman–Crippen MR) is 357 cm³/mol. The standard InChI is InChI=1S/C76H128O6/c1-4-7-10-13-16-19-22-25-27-29-31-33-35-36-37-38-39-40-42-43-45-47-49-51-54-57-60-63-66-69-75(78)81-72-73(71-80-74(77)68-65-62-59-56-53-24-21-18-15-12-9-6-3)82-76(79)70-67-64-61-58-55-52-50-48-46-44-41-34-32-30-28-26-23-20-17-14-11-8-5-2/h7-8,10-11,16-21,25-28,31-34,36-37,73H,4-6,9,12-15,22-24,29-30,35,38-72H2,1-3H3/b10-7-,11-8-,19-16-,20-17-,21-18-,27-25-,28-26-,33-31-,34-32-,37-36-. The Morgan fingerprint density at radius 1 is 0.256 bits per heavy atom. The van der Waals surface area contributed by atoms with Crippen LogP contribution in [-0.4, -0.2) is 37.2 Å². The summed E-state index contributed by atoms with van der Waals surface area (Å²) >= 11 is 0. The lowest BCUT2D eigenvalue weighted by atomic mass is 10.0. The minimum absolute atomic E-state index is 0.0829. The Labute approximate surface area is 507 Å². The van der Waals surface area contributed by atoms with Gasteiger partial charge in [-0.1, -0.05) is 296 Å². The second-order valence-corrected chi connectivity index (χ2v) is 22.7. The van der Waals surface area contributed by atoms with Crippen molar-refractivity contribution in [1.29, 1.82) is 0 Å². The maximum absolute atomic E-state index is 12.9. The lowest BCUT2D eigenvalue weighted by Gasteiger charge is -2.18. The number of carbonyl (C=O) groups excluding carboxylic acids is 3. The van der Waals surface area contributed by atoms with Gasteiger partial charge in [-0.05, 0) is 128 Å². The van der Waals surface area contributed by atoms with E-state index in [9.17, 15) is 14.4 Å². The smallest absolute Gasteiger partial charge is 0.306 e. The van der Waals surface area contributed by atoms with E-state index in [-0.39, 0.29) is 31.1 Å². The molecule has 0 fully saturated rings. The van der Waals surface area contributed by atoms with Crippen LogP contribution in [0.4, 0.5) is 0 Å². The van der Waals surface area contributed by atoms with Gasteiger partial charge < -0.3 is 14.2 Å². The first kappa shape index (κ1) is 77.8. The number of carbonyl (C=O) groups is 3. The van der Waals surface area contributed by atoms with Crippen LogP contribution in [0.2, 0.25) is 0 Å². The molecule has 0 bridgehead atoms. The van der Waals surface area contributed by atoms with Gasteiger partial charge in [0.2, 0.25) is 0 Å². The third kappa shape index (κ3) is 66.6. The van der Waals surface area contributed by atoms with Crippen LogP contribution in [0.1, 0.15) is 323 Å². The molecule has 1 atom stereocenters. The molecule has 468 valence electrons. The van der Waals surface area contributed by atoms with Gasteiger partial charge in [0.05, 0.1) is 0 Å². The largest absolute Gasteiger partial charge is 0.462 e. The first-order valence-electron chi connectivity index (χ1n) is 34.5. The fourth-order valence-electron chi connectivity index (χ4n) is 9.57. The molecule has 0 saturated carbocycles. The summed E-state index contributed by atoms with van der Waals surface area (Å²) in [5.41, 5.74) is 0. The summed E-state index contributed by atoms with van der Waals surface area (Å²) in [6, 6.07) is 0. The van der Waals surface area contributed by atoms with Crippen LogP contribution in [0.15, 0.2) is 122 Å². The third-order valence-electron chi connectivity index (χ3n) is 14.7. The Hall–Kier alpha value is -4.19. The molecular weight excluding hydrogens is 1010 g/mol. The summed E-state index contributed by atoms with van der Waals surface area (Å²) in [7, 11) is 0. The number of allylic oxidation sites excluding steroid dienone is 20. The predicted octanol–water partition coefficient (Wildman–Crippen LogP) is 23.9. The van der Waals surface area contributed by atoms with Crippen LogP contribution in [-0.2, 0) is 28.6 Å². The molecule has 0 aromatic carbocycles. The van der Waals surface area contributed by atoms with Crippen molar-refractivity contribution in [1.82, 2.24) is 0 Å². The maximum atomic E-state index is 12.9. The zero-order valence-electron chi connectivity index (χ0n) is 53.7. The van der Waals surface area contributed by atoms with Crippen LogP contribution in [0.3, 0.4) is 0 Å². The molecular formula is C76H128O6. The van der Waals surface area contributed by atoms with Gasteiger partial charge in [0, 0.05) is 19.3 Å². The molecule has 0 aromatic heterocycles. The molecule has 6 heteroatoms. The minimum Gasteiger partial charge on any atom is -0.462 e. The van der Waals surface area contributed by atoms with Gasteiger partial charge in [0.1, 0.15) is 13.2 Å². The van der Waals surface area contributed by atoms with E-state index >= 15 is 0 Å². The molecule has 0 aromatic rings. The van der Waals surface area contributed by atoms with Crippen molar-refractivity contribution in [3.8, 4) is 0 Å². The van der Waals surface area contributed by atoms with Crippen LogP contribution in [0, 0.1) is 0 Å². The fourth-order valence-corrected chi connectivity index (χ4v) is 9.57. The summed E-state index contributed by atoms with van der Waals surface area (Å²) in [5.74, 6) is -0.888. The molecule has 0 aliphatic heterocycles. The quantitative estimate of drug-likeness (QED) is 0.0261. The van der Waals surface area contributed by atoms with Gasteiger partial charge in [-0.15, -0.1) is 0 Å². The molecule has 0 saturated heterocycles. The SMILES string of the molecule is CC/C=C\C/C=C\C/C=C\C/C=C\C/C=C\CCCCCCCCCCCCCCCC(=O)OCC(COC(=O)CCCCCCC/C=C\CCCCC)OC(=O)CCCCCCCCCCCC/C=C\C/C=C\C/C=C\C/C=C\CC. The van der Waals surface area contributed by atoms with E-state index in [1.54, 1.807) is 0 Å². The molecule has 82 heavy (non-hydrogen) atoms. The number of ether oxygens (including phenoxy) is 3. The summed E-state index contributed by atoms with van der Waals surface area (Å²) in [4.78, 5) is 38.4. The molecule has 0 rings (SSSR count). The van der Waals surface area contributed by atoms with Gasteiger partial charge in [-0.25, -0.2) is 0 Å². The average Bonchev–Trinajstić information content (AvgIpc) is 3.47. The average molecular weight is 1140 g/mol. The second-order valence-electron chi connectivity index (χ2n) is 22.7. The highest BCUT2D eigenvalue weighted by molar-refractivity contribution is 5.71. The lowest BCUT2D eigenvalue weighted by molar-refractivity contribution is -0.167. The topological polar surface area (TPSA) is 78.9 Å². The molecule has 0 aliphatic carbocycles. The van der Waals surface area contributed by atoms with Crippen molar-refractivity contribution in [3.63, 3.8) is 0 Å². The Morgan fingerprint density at radius 3 is 0.756 bits per heavy atom. The first-order chi connectivity index (χ1) is 40.5. The number of hydrogen-bond donors (Lipinski definition) is 0. The molecule has 0 N–H and O–H groups in total. The monoisotopic (exact) mass is 1140 g/mol. The molecule has 0 radical (unpaired) electrons. The van der Waals surface area contributed by atoms with Crippen molar-refractivity contribution >= 4 is 17.9 Å². The molecule has 0 amide bonds. The van der Waals surface area contributed by atoms with Gasteiger partial charge in [-0.2, -0.15) is 0 Å². The number of rotatable bonds is 62. The number of esters is 3. The Kier molecular flexibility index (Phi) is 65.8. The normalized spacial score (nSPS) is 12.9. The summed E-state index contributed by atoms with van der Waals surface area (Å²) in [6.07, 6.45) is 96.5. The van der Waals surface area contributed by atoms with Crippen LogP contribution < -0.4 is 0 Å². The van der Waals surface area contributed by atoms with Gasteiger partial charge in [-0.3, -0.25) is 14.4 Å². The van der Waals surface area contributed by atoms with Crippen LogP contribution >= 0.6 is 0 Å². The van der Waals surface area contributed by atoms with Crippen molar-refractivity contribution in [2.75, 3.05) is 13.2 Å². The van der Waals surface area contributed by atoms with E-state index in [0.717, 1.165) is 122 Å². The molecule has 0 spiro atoms. The lowest BCUT2D eigenvalue weighted by Crippen LogP contribution is -2.30. The maximum Gasteiger partial charge on any atom is 0.306 e. The Balaban J connectivity index is 4.27. The van der Waals surface area contributed by atoms with Crippen LogP contribution in [0.25, 0.3) is 0 Å². The highest BCUT2D eigenvalue weighted by Crippen LogP contribution is 2.17. The minimum atomic E-state index is -0.787. The number of unbranched alkanes of at least 4 members (excludes halogenated alkanes) is 31. The van der Waals surface area contributed by atoms with E-state index in [1.807, 2.05) is 0 Å². The van der Waals surface area contributed by atoms with E-state index in [4.69, 9.17) is 14.2 Å². The van der Waals surface area contributed by atoms with E-state index in [2.05, 4.69) is 142 Å². The molecule has 0 aliphatic rings. The van der Waals surface area contributed by atoms with E-state index in [0.29, 0.717) is 19.3 Å². The summed E-state index contributed by atoms with van der Waals surface area (Å²) in [6.45, 7) is 6.40. The van der Waals surface area contributed by atoms with Crippen molar-refractivity contribution < 1.29 is 28.6 Å². The van der Waals surface area contributed by atoms with Gasteiger partial charge in [0.25, 0.3) is 0 Å². The molecule has 1 unspecified atom stereocenters. The van der Waals surface area contributed by atoms with E-state index < -0.39 is 6.10 Å². The van der Waals surface area contributed by atoms with Crippen LogP contribution in [0.5, 0.6) is 0 Å². The zero-order chi connectivity index (χ0) is 59.2. The molecule has 0 heterocycles. The van der Waals surface area contributed by atoms with E-state index in [1.165, 1.54) is 161 Å². The highest BCUT2D eigenvalue weighted by Gasteiger charge is 2.19. The molecule has 6 nitrogen and oxygen atoms in total. The van der Waals surface area contributed by atoms with Gasteiger partial charge >= 0.3 is 17.9 Å². The fraction of sp³-hybridized carbons (Fsp3) is 0.697. The Bertz CT molecular complexity index is 1690. The van der Waals surface area contributed by atoms with Gasteiger partial charge in [0.15, 0.2) is 6.10 Å². The first-order valence-corrected chi connectivity index (χ1v) is 34.5. The summed E-state index contributed by atoms with van der Waals surface area (Å²) in [5, 5.41) is 0. The number of hydrogen-bond acceptors (Lipinski definition) is 6.